The van der Waals surface area contributed by atoms with Gasteiger partial charge in [0.15, 0.2) is 0 Å². The molecular formula is C16H16FN3. The second-order valence-electron chi connectivity index (χ2n) is 5.31. The van der Waals surface area contributed by atoms with Gasteiger partial charge in [0.25, 0.3) is 0 Å². The lowest BCUT2D eigenvalue weighted by molar-refractivity contribution is 0.329. The topological polar surface area (TPSA) is 41.6 Å². The molecular weight excluding hydrogens is 253 g/mol. The van der Waals surface area contributed by atoms with Gasteiger partial charge in [0.05, 0.1) is 23.9 Å². The Hall–Kier alpha value is -2.15. The van der Waals surface area contributed by atoms with Crippen molar-refractivity contribution in [2.45, 2.75) is 38.1 Å². The fourth-order valence-electron chi connectivity index (χ4n) is 2.84. The molecule has 0 amide bonds. The van der Waals surface area contributed by atoms with Gasteiger partial charge in [-0.05, 0) is 31.0 Å². The third-order valence-electron chi connectivity index (χ3n) is 3.96. The molecule has 3 nitrogen and oxygen atoms in total. The van der Waals surface area contributed by atoms with Crippen LogP contribution in [0.5, 0.6) is 0 Å². The van der Waals surface area contributed by atoms with Gasteiger partial charge in [0.2, 0.25) is 0 Å². The standard InChI is InChI=1S/C16H16FN3/c17-16-7-6-12(9-18)8-15(16)13-10-19-20(11-13)14-4-2-1-3-5-14/h6-8,10-11,14H,1-5H2. The highest BCUT2D eigenvalue weighted by Gasteiger charge is 2.17. The van der Waals surface area contributed by atoms with Gasteiger partial charge in [0, 0.05) is 17.3 Å². The first-order valence-corrected chi connectivity index (χ1v) is 7.02. The summed E-state index contributed by atoms with van der Waals surface area (Å²) in [6, 6.07) is 6.88. The van der Waals surface area contributed by atoms with Crippen molar-refractivity contribution in [1.82, 2.24) is 9.78 Å². The zero-order valence-electron chi connectivity index (χ0n) is 11.2. The van der Waals surface area contributed by atoms with E-state index < -0.39 is 0 Å². The predicted octanol–water partition coefficient (Wildman–Crippen LogP) is 4.07. The van der Waals surface area contributed by atoms with Crippen molar-refractivity contribution >= 4 is 0 Å². The Labute approximate surface area is 117 Å². The molecule has 1 aromatic carbocycles. The van der Waals surface area contributed by atoms with E-state index in [9.17, 15) is 4.39 Å². The normalized spacial score (nSPS) is 16.0. The van der Waals surface area contributed by atoms with Crippen molar-refractivity contribution in [3.8, 4) is 17.2 Å². The molecule has 0 radical (unpaired) electrons. The fourth-order valence-corrected chi connectivity index (χ4v) is 2.84. The molecule has 1 heterocycles. The van der Waals surface area contributed by atoms with E-state index >= 15 is 0 Å². The van der Waals surface area contributed by atoms with Crippen LogP contribution in [0.4, 0.5) is 4.39 Å². The smallest absolute Gasteiger partial charge is 0.131 e. The monoisotopic (exact) mass is 269 g/mol. The summed E-state index contributed by atoms with van der Waals surface area (Å²) < 4.78 is 15.8. The maximum absolute atomic E-state index is 13.9. The molecule has 1 aliphatic rings. The van der Waals surface area contributed by atoms with Crippen LogP contribution in [0.2, 0.25) is 0 Å². The van der Waals surface area contributed by atoms with Crippen LogP contribution in [0.15, 0.2) is 30.6 Å². The molecule has 1 aromatic heterocycles. The van der Waals surface area contributed by atoms with Crippen molar-refractivity contribution < 1.29 is 4.39 Å². The van der Waals surface area contributed by atoms with E-state index in [1.807, 2.05) is 16.9 Å². The number of hydrogen-bond donors (Lipinski definition) is 0. The number of hydrogen-bond acceptors (Lipinski definition) is 2. The summed E-state index contributed by atoms with van der Waals surface area (Å²) in [6.45, 7) is 0. The van der Waals surface area contributed by atoms with E-state index in [1.54, 1.807) is 12.3 Å². The maximum Gasteiger partial charge on any atom is 0.131 e. The molecule has 1 fully saturated rings. The van der Waals surface area contributed by atoms with Crippen LogP contribution < -0.4 is 0 Å². The zero-order chi connectivity index (χ0) is 13.9. The van der Waals surface area contributed by atoms with Crippen LogP contribution in [0.3, 0.4) is 0 Å². The van der Waals surface area contributed by atoms with Crippen molar-refractivity contribution in [2.24, 2.45) is 0 Å². The van der Waals surface area contributed by atoms with Gasteiger partial charge in [-0.15, -0.1) is 0 Å². The minimum atomic E-state index is -0.313. The van der Waals surface area contributed by atoms with Gasteiger partial charge in [-0.25, -0.2) is 4.39 Å². The van der Waals surface area contributed by atoms with Crippen LogP contribution in [-0.4, -0.2) is 9.78 Å². The van der Waals surface area contributed by atoms with Gasteiger partial charge < -0.3 is 0 Å². The van der Waals surface area contributed by atoms with E-state index in [-0.39, 0.29) is 5.82 Å². The summed E-state index contributed by atoms with van der Waals surface area (Å²) in [7, 11) is 0. The van der Waals surface area contributed by atoms with Gasteiger partial charge >= 0.3 is 0 Å². The number of nitriles is 1. The van der Waals surface area contributed by atoms with E-state index in [0.29, 0.717) is 17.2 Å². The van der Waals surface area contributed by atoms with E-state index in [4.69, 9.17) is 5.26 Å². The summed E-state index contributed by atoms with van der Waals surface area (Å²) in [5, 5.41) is 13.3. The third-order valence-corrected chi connectivity index (χ3v) is 3.96. The lowest BCUT2D eigenvalue weighted by atomic mass is 9.96. The molecule has 0 saturated heterocycles. The number of rotatable bonds is 2. The van der Waals surface area contributed by atoms with Crippen molar-refractivity contribution in [3.05, 3.63) is 42.0 Å². The van der Waals surface area contributed by atoms with Crippen molar-refractivity contribution in [2.75, 3.05) is 0 Å². The number of aromatic nitrogens is 2. The van der Waals surface area contributed by atoms with Gasteiger partial charge in [0.1, 0.15) is 5.82 Å². The second-order valence-corrected chi connectivity index (χ2v) is 5.31. The summed E-state index contributed by atoms with van der Waals surface area (Å²) in [6.07, 6.45) is 9.63. The van der Waals surface area contributed by atoms with E-state index in [1.165, 1.54) is 31.4 Å². The molecule has 20 heavy (non-hydrogen) atoms. The molecule has 0 bridgehead atoms. The highest BCUT2D eigenvalue weighted by molar-refractivity contribution is 5.64. The first-order chi connectivity index (χ1) is 9.78. The summed E-state index contributed by atoms with van der Waals surface area (Å²) >= 11 is 0. The van der Waals surface area contributed by atoms with Crippen molar-refractivity contribution in [3.63, 3.8) is 0 Å². The summed E-state index contributed by atoms with van der Waals surface area (Å²) in [5.41, 5.74) is 1.66. The van der Waals surface area contributed by atoms with Crippen LogP contribution in [0.25, 0.3) is 11.1 Å². The maximum atomic E-state index is 13.9. The Bertz CT molecular complexity index is 648. The Morgan fingerprint density at radius 2 is 2.05 bits per heavy atom. The summed E-state index contributed by atoms with van der Waals surface area (Å²) in [5.74, 6) is -0.313. The quantitative estimate of drug-likeness (QED) is 0.824. The molecule has 3 rings (SSSR count). The predicted molar refractivity (Wildman–Crippen MR) is 74.5 cm³/mol. The first kappa shape index (κ1) is 12.9. The highest BCUT2D eigenvalue weighted by atomic mass is 19.1. The van der Waals surface area contributed by atoms with Crippen molar-refractivity contribution in [1.29, 1.82) is 5.26 Å². The van der Waals surface area contributed by atoms with Gasteiger partial charge in [-0.3, -0.25) is 4.68 Å². The van der Waals surface area contributed by atoms with E-state index in [2.05, 4.69) is 5.10 Å². The molecule has 1 saturated carbocycles. The largest absolute Gasteiger partial charge is 0.269 e. The lowest BCUT2D eigenvalue weighted by Gasteiger charge is -2.21. The minimum absolute atomic E-state index is 0.313. The number of benzene rings is 1. The Morgan fingerprint density at radius 1 is 1.25 bits per heavy atom. The summed E-state index contributed by atoms with van der Waals surface area (Å²) in [4.78, 5) is 0. The number of nitrogens with zero attached hydrogens (tertiary/aromatic N) is 3. The van der Waals surface area contributed by atoms with Gasteiger partial charge in [-0.2, -0.15) is 10.4 Å². The molecule has 102 valence electrons. The van der Waals surface area contributed by atoms with Crippen LogP contribution in [0.1, 0.15) is 43.7 Å². The number of halogens is 1. The SMILES string of the molecule is N#Cc1ccc(F)c(-c2cnn(C3CCCCC3)c2)c1. The third kappa shape index (κ3) is 2.44. The fraction of sp³-hybridized carbons (Fsp3) is 0.375. The second kappa shape index (κ2) is 5.46. The average Bonchev–Trinajstić information content (AvgIpc) is 2.98. The lowest BCUT2D eigenvalue weighted by Crippen LogP contribution is -2.12. The molecule has 0 atom stereocenters. The van der Waals surface area contributed by atoms with Crippen LogP contribution in [-0.2, 0) is 0 Å². The molecule has 2 aromatic rings. The Kier molecular flexibility index (Phi) is 3.51. The highest BCUT2D eigenvalue weighted by Crippen LogP contribution is 2.30. The average molecular weight is 269 g/mol. The van der Waals surface area contributed by atoms with Crippen LogP contribution >= 0.6 is 0 Å². The zero-order valence-corrected chi connectivity index (χ0v) is 11.2. The van der Waals surface area contributed by atoms with Crippen LogP contribution in [0, 0.1) is 17.1 Å². The Morgan fingerprint density at radius 3 is 2.80 bits per heavy atom. The first-order valence-electron chi connectivity index (χ1n) is 7.02. The molecule has 0 spiro atoms. The minimum Gasteiger partial charge on any atom is -0.269 e. The molecule has 1 aliphatic carbocycles. The van der Waals surface area contributed by atoms with Gasteiger partial charge in [-0.1, -0.05) is 19.3 Å². The van der Waals surface area contributed by atoms with E-state index in [0.717, 1.165) is 18.4 Å². The molecule has 0 N–H and O–H groups in total. The molecule has 4 heteroatoms. The Balaban J connectivity index is 1.91. The molecule has 0 unspecified atom stereocenters. The molecule has 0 aliphatic heterocycles.